The molecule has 0 aromatic carbocycles. The minimum atomic E-state index is -0.969. The third kappa shape index (κ3) is 3.82. The van der Waals surface area contributed by atoms with E-state index in [9.17, 15) is 14.7 Å². The number of amides is 1. The van der Waals surface area contributed by atoms with E-state index in [1.807, 2.05) is 6.92 Å². The number of fused-ring (bicyclic) bond motifs is 2. The van der Waals surface area contributed by atoms with Gasteiger partial charge in [0.05, 0.1) is 17.8 Å². The zero-order valence-electron chi connectivity index (χ0n) is 16.3. The monoisotopic (exact) mass is 373 g/mol. The van der Waals surface area contributed by atoms with Crippen LogP contribution >= 0.6 is 0 Å². The van der Waals surface area contributed by atoms with Crippen molar-refractivity contribution >= 4 is 5.91 Å². The molecule has 6 nitrogen and oxygen atoms in total. The number of rotatable bonds is 3. The topological polar surface area (TPSA) is 75.4 Å². The van der Waals surface area contributed by atoms with E-state index in [2.05, 4.69) is 10.00 Å². The molecule has 3 fully saturated rings. The Kier molecular flexibility index (Phi) is 5.10. The van der Waals surface area contributed by atoms with E-state index in [0.29, 0.717) is 18.7 Å². The van der Waals surface area contributed by atoms with E-state index in [0.717, 1.165) is 50.6 Å². The molecule has 0 radical (unpaired) electrons. The second-order valence-corrected chi connectivity index (χ2v) is 8.92. The maximum Gasteiger partial charge on any atom is 0.266 e. The lowest BCUT2D eigenvalue weighted by molar-refractivity contribution is -0.158. The van der Waals surface area contributed by atoms with Crippen molar-refractivity contribution in [1.82, 2.24) is 14.7 Å². The number of aliphatic hydroxyl groups is 1. The van der Waals surface area contributed by atoms with Gasteiger partial charge in [-0.2, -0.15) is 5.10 Å². The minimum absolute atomic E-state index is 0.0948. The number of hydrogen-bond donors (Lipinski definition) is 1. The average Bonchev–Trinajstić information content (AvgIpc) is 2.64. The molecule has 1 aliphatic carbocycles. The Morgan fingerprint density at radius 1 is 1.11 bits per heavy atom. The molecule has 1 saturated carbocycles. The Morgan fingerprint density at radius 3 is 2.44 bits per heavy atom. The van der Waals surface area contributed by atoms with Crippen molar-refractivity contribution in [2.75, 3.05) is 0 Å². The smallest absolute Gasteiger partial charge is 0.266 e. The third-order valence-electron chi connectivity index (χ3n) is 6.75. The van der Waals surface area contributed by atoms with Crippen LogP contribution in [0.15, 0.2) is 16.9 Å². The minimum Gasteiger partial charge on any atom is -0.388 e. The molecule has 27 heavy (non-hydrogen) atoms. The molecule has 0 spiro atoms. The van der Waals surface area contributed by atoms with Crippen LogP contribution in [0.3, 0.4) is 0 Å². The average molecular weight is 373 g/mol. The molecule has 3 heterocycles. The van der Waals surface area contributed by atoms with Gasteiger partial charge in [-0.05, 0) is 57.9 Å². The summed E-state index contributed by atoms with van der Waals surface area (Å²) in [5.74, 6) is 0.492. The predicted octanol–water partition coefficient (Wildman–Crippen LogP) is 2.41. The fourth-order valence-corrected chi connectivity index (χ4v) is 5.52. The molecule has 1 N–H and O–H groups in total. The van der Waals surface area contributed by atoms with Crippen molar-refractivity contribution in [3.8, 4) is 0 Å². The maximum atomic E-state index is 13.2. The number of carbonyl (C=O) groups excluding carboxylic acids is 1. The quantitative estimate of drug-likeness (QED) is 0.883. The first-order valence-electron chi connectivity index (χ1n) is 10.5. The lowest BCUT2D eigenvalue weighted by Crippen LogP contribution is -2.62. The first kappa shape index (κ1) is 18.7. The van der Waals surface area contributed by atoms with E-state index in [4.69, 9.17) is 0 Å². The predicted molar refractivity (Wildman–Crippen MR) is 102 cm³/mol. The molecule has 148 valence electrons. The Balaban J connectivity index is 1.52. The summed E-state index contributed by atoms with van der Waals surface area (Å²) in [5.41, 5.74) is -0.382. The zero-order valence-corrected chi connectivity index (χ0v) is 16.3. The largest absolute Gasteiger partial charge is 0.388 e. The lowest BCUT2D eigenvalue weighted by Gasteiger charge is -2.53. The first-order chi connectivity index (χ1) is 13.0. The molecule has 3 aliphatic rings. The van der Waals surface area contributed by atoms with E-state index in [1.54, 1.807) is 6.07 Å². The van der Waals surface area contributed by atoms with Crippen LogP contribution in [-0.4, -0.2) is 43.4 Å². The van der Waals surface area contributed by atoms with Crippen molar-refractivity contribution < 1.29 is 9.90 Å². The second-order valence-electron chi connectivity index (χ2n) is 8.92. The first-order valence-corrected chi connectivity index (χ1v) is 10.5. The Hall–Kier alpha value is -1.69. The van der Waals surface area contributed by atoms with Crippen LogP contribution in [0.25, 0.3) is 0 Å². The molecule has 2 saturated heterocycles. The molecule has 1 unspecified atom stereocenters. The van der Waals surface area contributed by atoms with Crippen molar-refractivity contribution in [2.24, 2.45) is 5.92 Å². The molecule has 4 rings (SSSR count). The lowest BCUT2D eigenvalue weighted by atomic mass is 9.74. The van der Waals surface area contributed by atoms with Crippen LogP contribution in [0.4, 0.5) is 0 Å². The van der Waals surface area contributed by atoms with E-state index in [1.165, 1.54) is 17.2 Å². The van der Waals surface area contributed by atoms with Crippen LogP contribution in [0.2, 0.25) is 0 Å². The van der Waals surface area contributed by atoms with Crippen LogP contribution in [0.1, 0.15) is 69.9 Å². The van der Waals surface area contributed by atoms with Crippen molar-refractivity contribution in [2.45, 2.75) is 95.4 Å². The van der Waals surface area contributed by atoms with E-state index < -0.39 is 5.60 Å². The highest BCUT2D eigenvalue weighted by molar-refractivity contribution is 5.80. The molecule has 2 aliphatic heterocycles. The summed E-state index contributed by atoms with van der Waals surface area (Å²) in [5, 5.41) is 15.6. The van der Waals surface area contributed by atoms with Gasteiger partial charge in [0, 0.05) is 24.1 Å². The Morgan fingerprint density at radius 2 is 1.78 bits per heavy atom. The van der Waals surface area contributed by atoms with Gasteiger partial charge in [-0.15, -0.1) is 0 Å². The van der Waals surface area contributed by atoms with Crippen LogP contribution in [0, 0.1) is 12.8 Å². The van der Waals surface area contributed by atoms with Crippen molar-refractivity contribution in [3.05, 3.63) is 28.2 Å². The van der Waals surface area contributed by atoms with Gasteiger partial charge in [-0.1, -0.05) is 19.3 Å². The maximum absolute atomic E-state index is 13.2. The normalized spacial score (nSPS) is 31.7. The molecular weight excluding hydrogens is 342 g/mol. The summed E-state index contributed by atoms with van der Waals surface area (Å²) in [6.45, 7) is 2.06. The van der Waals surface area contributed by atoms with Gasteiger partial charge in [0.1, 0.15) is 0 Å². The van der Waals surface area contributed by atoms with Gasteiger partial charge < -0.3 is 10.0 Å². The van der Waals surface area contributed by atoms with Gasteiger partial charge in [-0.3, -0.25) is 9.59 Å². The fourth-order valence-electron chi connectivity index (χ4n) is 5.52. The van der Waals surface area contributed by atoms with Gasteiger partial charge >= 0.3 is 0 Å². The molecule has 1 amide bonds. The molecule has 3 atom stereocenters. The number of carbonyl (C=O) groups is 1. The SMILES string of the molecule is Cc1ccc(=O)n(CC2(O)C[C@H]3CCC[C@@H](C2)N3C(=O)C2CCCCC2)n1. The molecule has 1 aromatic heterocycles. The van der Waals surface area contributed by atoms with Crippen molar-refractivity contribution in [3.63, 3.8) is 0 Å². The van der Waals surface area contributed by atoms with Crippen molar-refractivity contribution in [1.29, 1.82) is 0 Å². The van der Waals surface area contributed by atoms with Gasteiger partial charge in [0.2, 0.25) is 5.91 Å². The second kappa shape index (κ2) is 7.38. The summed E-state index contributed by atoms with van der Waals surface area (Å²) >= 11 is 0. The van der Waals surface area contributed by atoms with E-state index >= 15 is 0 Å². The highest BCUT2D eigenvalue weighted by Crippen LogP contribution is 2.41. The molecule has 1 aromatic rings. The number of nitrogens with zero attached hydrogens (tertiary/aromatic N) is 3. The van der Waals surface area contributed by atoms with Gasteiger partial charge in [-0.25, -0.2) is 4.68 Å². The van der Waals surface area contributed by atoms with Gasteiger partial charge in [0.25, 0.3) is 5.56 Å². The van der Waals surface area contributed by atoms with Gasteiger partial charge in [0.15, 0.2) is 0 Å². The van der Waals surface area contributed by atoms with E-state index in [-0.39, 0.29) is 30.1 Å². The fraction of sp³-hybridized carbons (Fsp3) is 0.762. The molecular formula is C21H31N3O3. The zero-order chi connectivity index (χ0) is 19.0. The van der Waals surface area contributed by atoms with Crippen LogP contribution in [0.5, 0.6) is 0 Å². The number of piperidine rings is 2. The summed E-state index contributed by atoms with van der Waals surface area (Å²) in [4.78, 5) is 27.5. The Labute approximate surface area is 160 Å². The number of aryl methyl sites for hydroxylation is 1. The number of aromatic nitrogens is 2. The Bertz CT molecular complexity index is 739. The van der Waals surface area contributed by atoms with Crippen LogP contribution in [-0.2, 0) is 11.3 Å². The standard InChI is InChI=1S/C21H31N3O3/c1-15-10-11-19(25)23(22-15)14-21(27)12-17-8-5-9-18(13-21)24(17)20(26)16-6-3-2-4-7-16/h10-11,16-18,27H,2-9,12-14H2,1H3/t17-,18+,21?. The summed E-state index contributed by atoms with van der Waals surface area (Å²) in [6, 6.07) is 3.40. The summed E-state index contributed by atoms with van der Waals surface area (Å²) < 4.78 is 1.39. The highest BCUT2D eigenvalue weighted by atomic mass is 16.3. The molecule has 6 heteroatoms. The van der Waals surface area contributed by atoms with Crippen LogP contribution < -0.4 is 5.56 Å². The summed E-state index contributed by atoms with van der Waals surface area (Å²) in [6.07, 6.45) is 9.70. The summed E-state index contributed by atoms with van der Waals surface area (Å²) in [7, 11) is 0. The number of hydrogen-bond acceptors (Lipinski definition) is 4. The highest BCUT2D eigenvalue weighted by Gasteiger charge is 2.48. The third-order valence-corrected chi connectivity index (χ3v) is 6.75. The molecule has 2 bridgehead atoms.